The number of carbonyl (C=O) groups excluding carboxylic acids is 2. The first-order valence-electron chi connectivity index (χ1n) is 12.8. The lowest BCUT2D eigenvalue weighted by Crippen LogP contribution is -2.49. The standard InChI is InChI=1S/C29H31FN4O2/c1-18-6-11-27(28(35)33-18)34-17-23-13-19(8-10-24(23)29(34)36)12-21-4-2-3-5-26(21)32-16-22-9-7-20(15-31)14-25(22)30/h7-10,13-14,21,26-27,32H,1-6,11-12,16-17H2,(H,33,35)/t21-,26+,27?/m1/s1. The van der Waals surface area contributed by atoms with E-state index in [1.165, 1.54) is 18.1 Å². The molecule has 2 aromatic rings. The van der Waals surface area contributed by atoms with Crippen LogP contribution in [0.3, 0.4) is 0 Å². The quantitative estimate of drug-likeness (QED) is 0.636. The van der Waals surface area contributed by atoms with Gasteiger partial charge in [0.2, 0.25) is 5.91 Å². The van der Waals surface area contributed by atoms with Gasteiger partial charge in [-0.2, -0.15) is 5.26 Å². The Kier molecular flexibility index (Phi) is 6.88. The van der Waals surface area contributed by atoms with Gasteiger partial charge in [-0.25, -0.2) is 4.39 Å². The number of rotatable bonds is 6. The van der Waals surface area contributed by atoms with Gasteiger partial charge in [0.15, 0.2) is 0 Å². The van der Waals surface area contributed by atoms with E-state index in [0.717, 1.165) is 31.2 Å². The molecule has 0 spiro atoms. The Balaban J connectivity index is 1.25. The SMILES string of the molecule is C=C1CCC(N2Cc3cc(C[C@H]4CCCC[C@@H]4NCc4ccc(C#N)cc4F)ccc3C2=O)C(=O)N1. The van der Waals surface area contributed by atoms with Crippen molar-refractivity contribution < 1.29 is 14.0 Å². The maximum absolute atomic E-state index is 14.4. The number of fused-ring (bicyclic) bond motifs is 1. The minimum Gasteiger partial charge on any atom is -0.329 e. The van der Waals surface area contributed by atoms with E-state index in [4.69, 9.17) is 5.26 Å². The van der Waals surface area contributed by atoms with Crippen LogP contribution >= 0.6 is 0 Å². The van der Waals surface area contributed by atoms with E-state index in [0.29, 0.717) is 54.2 Å². The van der Waals surface area contributed by atoms with Gasteiger partial charge >= 0.3 is 0 Å². The maximum atomic E-state index is 14.4. The summed E-state index contributed by atoms with van der Waals surface area (Å²) in [4.78, 5) is 27.2. The summed E-state index contributed by atoms with van der Waals surface area (Å²) in [6.07, 6.45) is 6.64. The van der Waals surface area contributed by atoms with E-state index in [1.807, 2.05) is 18.2 Å². The van der Waals surface area contributed by atoms with Crippen molar-refractivity contribution in [3.63, 3.8) is 0 Å². The first kappa shape index (κ1) is 24.2. The van der Waals surface area contributed by atoms with Gasteiger partial charge in [0.05, 0.1) is 11.6 Å². The second-order valence-electron chi connectivity index (χ2n) is 10.2. The fourth-order valence-corrected chi connectivity index (χ4v) is 5.86. The summed E-state index contributed by atoms with van der Waals surface area (Å²) in [5.41, 5.74) is 4.47. The normalized spacial score (nSPS) is 23.8. The molecule has 2 fully saturated rings. The molecule has 186 valence electrons. The van der Waals surface area contributed by atoms with Gasteiger partial charge in [0.1, 0.15) is 11.9 Å². The molecule has 0 radical (unpaired) electrons. The Morgan fingerprint density at radius 3 is 2.75 bits per heavy atom. The largest absolute Gasteiger partial charge is 0.329 e. The fraction of sp³-hybridized carbons (Fsp3) is 0.414. The second kappa shape index (κ2) is 10.2. The topological polar surface area (TPSA) is 85.2 Å². The van der Waals surface area contributed by atoms with Crippen molar-refractivity contribution >= 4 is 11.8 Å². The average Bonchev–Trinajstić information content (AvgIpc) is 3.19. The number of hydrogen-bond acceptors (Lipinski definition) is 4. The molecule has 6 nitrogen and oxygen atoms in total. The van der Waals surface area contributed by atoms with Crippen LogP contribution in [0.1, 0.15) is 71.1 Å². The third-order valence-electron chi connectivity index (χ3n) is 7.84. The fourth-order valence-electron chi connectivity index (χ4n) is 5.86. The Bertz CT molecular complexity index is 1250. The molecule has 3 atom stereocenters. The zero-order chi connectivity index (χ0) is 25.2. The van der Waals surface area contributed by atoms with E-state index in [9.17, 15) is 14.0 Å². The van der Waals surface area contributed by atoms with Crippen molar-refractivity contribution in [1.29, 1.82) is 5.26 Å². The van der Waals surface area contributed by atoms with Gasteiger partial charge in [0.25, 0.3) is 5.91 Å². The molecule has 3 aliphatic rings. The van der Waals surface area contributed by atoms with Crippen LogP contribution in [0.2, 0.25) is 0 Å². The highest BCUT2D eigenvalue weighted by molar-refractivity contribution is 6.01. The maximum Gasteiger partial charge on any atom is 0.255 e. The molecule has 7 heteroatoms. The van der Waals surface area contributed by atoms with Crippen LogP contribution < -0.4 is 10.6 Å². The minimum absolute atomic E-state index is 0.0779. The summed E-state index contributed by atoms with van der Waals surface area (Å²) in [6.45, 7) is 4.72. The van der Waals surface area contributed by atoms with E-state index in [-0.39, 0.29) is 23.7 Å². The van der Waals surface area contributed by atoms with Gasteiger partial charge in [-0.15, -0.1) is 0 Å². The van der Waals surface area contributed by atoms with Gasteiger partial charge in [-0.05, 0) is 67.3 Å². The Morgan fingerprint density at radius 2 is 1.97 bits per heavy atom. The second-order valence-corrected chi connectivity index (χ2v) is 10.2. The smallest absolute Gasteiger partial charge is 0.255 e. The Labute approximate surface area is 211 Å². The van der Waals surface area contributed by atoms with Gasteiger partial charge < -0.3 is 15.5 Å². The van der Waals surface area contributed by atoms with Crippen LogP contribution in [0.5, 0.6) is 0 Å². The molecule has 1 unspecified atom stereocenters. The van der Waals surface area contributed by atoms with Crippen LogP contribution in [0.4, 0.5) is 4.39 Å². The number of benzene rings is 2. The van der Waals surface area contributed by atoms with Crippen molar-refractivity contribution in [1.82, 2.24) is 15.5 Å². The first-order valence-corrected chi connectivity index (χ1v) is 12.8. The van der Waals surface area contributed by atoms with Crippen LogP contribution in [0.25, 0.3) is 0 Å². The number of allylic oxidation sites excluding steroid dienone is 1. The van der Waals surface area contributed by atoms with E-state index >= 15 is 0 Å². The molecule has 1 saturated heterocycles. The van der Waals surface area contributed by atoms with Crippen LogP contribution in [-0.4, -0.2) is 28.8 Å². The van der Waals surface area contributed by atoms with E-state index < -0.39 is 6.04 Å². The van der Waals surface area contributed by atoms with Crippen molar-refractivity contribution in [2.75, 3.05) is 0 Å². The molecule has 2 amide bonds. The lowest BCUT2D eigenvalue weighted by molar-refractivity contribution is -0.126. The molecule has 2 heterocycles. The molecule has 2 aromatic carbocycles. The summed E-state index contributed by atoms with van der Waals surface area (Å²) in [6, 6.07) is 12.5. The average molecular weight is 487 g/mol. The van der Waals surface area contributed by atoms with E-state index in [2.05, 4.69) is 23.3 Å². The number of nitrogens with zero attached hydrogens (tertiary/aromatic N) is 2. The lowest BCUT2D eigenvalue weighted by atomic mass is 9.80. The number of carbonyl (C=O) groups is 2. The third kappa shape index (κ3) is 4.91. The molecule has 0 bridgehead atoms. The van der Waals surface area contributed by atoms with Crippen molar-refractivity contribution in [2.24, 2.45) is 5.92 Å². The number of nitrogens with one attached hydrogen (secondary N) is 2. The zero-order valence-corrected chi connectivity index (χ0v) is 20.4. The Morgan fingerprint density at radius 1 is 1.14 bits per heavy atom. The number of amides is 2. The third-order valence-corrected chi connectivity index (χ3v) is 7.84. The minimum atomic E-state index is -0.451. The molecule has 0 aromatic heterocycles. The van der Waals surface area contributed by atoms with Gasteiger partial charge in [-0.1, -0.05) is 37.6 Å². The zero-order valence-electron chi connectivity index (χ0n) is 20.4. The van der Waals surface area contributed by atoms with Crippen LogP contribution in [0.15, 0.2) is 48.7 Å². The molecular formula is C29H31FN4O2. The van der Waals surface area contributed by atoms with Gasteiger partial charge in [0, 0.05) is 36.0 Å². The number of halogens is 1. The predicted octanol–water partition coefficient (Wildman–Crippen LogP) is 4.34. The predicted molar refractivity (Wildman–Crippen MR) is 134 cm³/mol. The number of piperidine rings is 1. The molecule has 36 heavy (non-hydrogen) atoms. The summed E-state index contributed by atoms with van der Waals surface area (Å²) in [5.74, 6) is -0.160. The summed E-state index contributed by atoms with van der Waals surface area (Å²) >= 11 is 0. The highest BCUT2D eigenvalue weighted by Gasteiger charge is 2.38. The molecule has 1 aliphatic carbocycles. The summed E-state index contributed by atoms with van der Waals surface area (Å²) in [7, 11) is 0. The summed E-state index contributed by atoms with van der Waals surface area (Å²) in [5, 5.41) is 15.3. The Hall–Kier alpha value is -3.50. The number of nitriles is 1. The molecule has 5 rings (SSSR count). The van der Waals surface area contributed by atoms with Crippen LogP contribution in [-0.2, 0) is 24.3 Å². The highest BCUT2D eigenvalue weighted by atomic mass is 19.1. The van der Waals surface area contributed by atoms with Crippen LogP contribution in [0, 0.1) is 23.1 Å². The lowest BCUT2D eigenvalue weighted by Gasteiger charge is -2.33. The highest BCUT2D eigenvalue weighted by Crippen LogP contribution is 2.32. The van der Waals surface area contributed by atoms with Gasteiger partial charge in [-0.3, -0.25) is 9.59 Å². The first-order chi connectivity index (χ1) is 17.4. The molecule has 2 aliphatic heterocycles. The monoisotopic (exact) mass is 486 g/mol. The van der Waals surface area contributed by atoms with Crippen molar-refractivity contribution in [2.45, 2.75) is 70.1 Å². The van der Waals surface area contributed by atoms with Crippen molar-refractivity contribution in [3.8, 4) is 6.07 Å². The van der Waals surface area contributed by atoms with Crippen molar-refractivity contribution in [3.05, 3.63) is 82.3 Å². The number of hydrogen-bond donors (Lipinski definition) is 2. The summed E-state index contributed by atoms with van der Waals surface area (Å²) < 4.78 is 14.4. The molecular weight excluding hydrogens is 455 g/mol. The molecule has 1 saturated carbocycles. The van der Waals surface area contributed by atoms with E-state index in [1.54, 1.807) is 17.0 Å². The molecule has 2 N–H and O–H groups in total.